The number of ether oxygens (including phenoxy) is 1. The summed E-state index contributed by atoms with van der Waals surface area (Å²) >= 11 is 0. The van der Waals surface area contributed by atoms with E-state index in [0.717, 1.165) is 25.2 Å². The molecule has 3 nitrogen and oxygen atoms in total. The molecular formula is C20H25FN2O. The third-order valence-corrected chi connectivity index (χ3v) is 4.54. The molecule has 0 bridgehead atoms. The van der Waals surface area contributed by atoms with Gasteiger partial charge in [0.1, 0.15) is 11.6 Å². The molecule has 0 spiro atoms. The quantitative estimate of drug-likeness (QED) is 0.856. The van der Waals surface area contributed by atoms with Gasteiger partial charge in [0.25, 0.3) is 0 Å². The number of hydrogen-bond acceptors (Lipinski definition) is 3. The minimum atomic E-state index is -0.269. The number of benzene rings is 2. The van der Waals surface area contributed by atoms with Crippen molar-refractivity contribution in [1.82, 2.24) is 4.90 Å². The second-order valence-corrected chi connectivity index (χ2v) is 6.41. The van der Waals surface area contributed by atoms with Crippen molar-refractivity contribution in [3.63, 3.8) is 0 Å². The van der Waals surface area contributed by atoms with Crippen LogP contribution < -0.4 is 10.1 Å². The first kappa shape index (κ1) is 16.8. The van der Waals surface area contributed by atoms with Crippen molar-refractivity contribution in [3.05, 3.63) is 59.9 Å². The van der Waals surface area contributed by atoms with E-state index in [1.807, 2.05) is 13.0 Å². The molecule has 1 fully saturated rings. The van der Waals surface area contributed by atoms with E-state index in [2.05, 4.69) is 41.4 Å². The van der Waals surface area contributed by atoms with Crippen LogP contribution in [0.4, 0.5) is 10.1 Å². The molecule has 2 aromatic rings. The second-order valence-electron chi connectivity index (χ2n) is 6.41. The lowest BCUT2D eigenvalue weighted by Gasteiger charge is -2.21. The Morgan fingerprint density at radius 2 is 2.00 bits per heavy atom. The summed E-state index contributed by atoms with van der Waals surface area (Å²) in [6.07, 6.45) is 1.07. The number of anilines is 1. The minimum Gasteiger partial charge on any atom is -0.492 e. The zero-order chi connectivity index (χ0) is 16.9. The van der Waals surface area contributed by atoms with E-state index in [9.17, 15) is 4.39 Å². The lowest BCUT2D eigenvalue weighted by Crippen LogP contribution is -2.28. The summed E-state index contributed by atoms with van der Waals surface area (Å²) in [5.74, 6) is 0.321. The van der Waals surface area contributed by atoms with Gasteiger partial charge >= 0.3 is 0 Å². The number of halogens is 1. The Balaban J connectivity index is 1.65. The second kappa shape index (κ2) is 7.67. The molecule has 2 aromatic carbocycles. The largest absolute Gasteiger partial charge is 0.492 e. The Bertz CT molecular complexity index is 662. The van der Waals surface area contributed by atoms with Crippen molar-refractivity contribution < 1.29 is 9.13 Å². The first-order valence-electron chi connectivity index (χ1n) is 8.62. The minimum absolute atomic E-state index is 0.269. The lowest BCUT2D eigenvalue weighted by atomic mass is 10.1. The third-order valence-electron chi connectivity index (χ3n) is 4.54. The summed E-state index contributed by atoms with van der Waals surface area (Å²) in [7, 11) is 0. The Kier molecular flexibility index (Phi) is 5.36. The number of rotatable bonds is 6. The van der Waals surface area contributed by atoms with Crippen molar-refractivity contribution in [2.75, 3.05) is 18.5 Å². The van der Waals surface area contributed by atoms with Gasteiger partial charge in [0.05, 0.1) is 12.3 Å². The van der Waals surface area contributed by atoms with Gasteiger partial charge in [-0.05, 0) is 38.0 Å². The van der Waals surface area contributed by atoms with E-state index in [-0.39, 0.29) is 5.82 Å². The third kappa shape index (κ3) is 4.06. The molecule has 0 amide bonds. The van der Waals surface area contributed by atoms with Gasteiger partial charge in [-0.15, -0.1) is 0 Å². The number of hydrogen-bond donors (Lipinski definition) is 1. The fourth-order valence-corrected chi connectivity index (χ4v) is 3.35. The predicted octanol–water partition coefficient (Wildman–Crippen LogP) is 4.30. The zero-order valence-corrected chi connectivity index (χ0v) is 14.3. The van der Waals surface area contributed by atoms with Crippen molar-refractivity contribution in [2.45, 2.75) is 38.9 Å². The van der Waals surface area contributed by atoms with Gasteiger partial charge in [-0.2, -0.15) is 0 Å². The molecule has 1 heterocycles. The Morgan fingerprint density at radius 1 is 1.21 bits per heavy atom. The summed E-state index contributed by atoms with van der Waals surface area (Å²) < 4.78 is 19.0. The van der Waals surface area contributed by atoms with E-state index in [1.165, 1.54) is 17.7 Å². The average Bonchev–Trinajstić information content (AvgIpc) is 2.91. The molecule has 24 heavy (non-hydrogen) atoms. The van der Waals surface area contributed by atoms with Crippen molar-refractivity contribution in [3.8, 4) is 5.75 Å². The van der Waals surface area contributed by atoms with Crippen LogP contribution in [0.2, 0.25) is 0 Å². The van der Waals surface area contributed by atoms with Crippen LogP contribution in [-0.2, 0) is 6.54 Å². The van der Waals surface area contributed by atoms with E-state index in [4.69, 9.17) is 4.74 Å². The van der Waals surface area contributed by atoms with Crippen LogP contribution in [0, 0.1) is 5.82 Å². The van der Waals surface area contributed by atoms with Crippen molar-refractivity contribution in [2.24, 2.45) is 0 Å². The van der Waals surface area contributed by atoms with Gasteiger partial charge in [0.2, 0.25) is 0 Å². The summed E-state index contributed by atoms with van der Waals surface area (Å²) in [6.45, 7) is 6.63. The maximum Gasteiger partial charge on any atom is 0.145 e. The molecule has 0 aliphatic carbocycles. The molecule has 2 unspecified atom stereocenters. The van der Waals surface area contributed by atoms with Crippen LogP contribution >= 0.6 is 0 Å². The summed E-state index contributed by atoms with van der Waals surface area (Å²) in [6, 6.07) is 16.1. The smallest absolute Gasteiger partial charge is 0.145 e. The van der Waals surface area contributed by atoms with Crippen LogP contribution in [0.1, 0.15) is 25.8 Å². The molecule has 1 N–H and O–H groups in total. The first-order chi connectivity index (χ1) is 11.7. The van der Waals surface area contributed by atoms with Gasteiger partial charge in [0, 0.05) is 31.2 Å². The van der Waals surface area contributed by atoms with Gasteiger partial charge in [-0.1, -0.05) is 30.3 Å². The van der Waals surface area contributed by atoms with Crippen LogP contribution in [0.15, 0.2) is 48.5 Å². The highest BCUT2D eigenvalue weighted by molar-refractivity contribution is 5.57. The van der Waals surface area contributed by atoms with E-state index >= 15 is 0 Å². The highest BCUT2D eigenvalue weighted by Crippen LogP contribution is 2.29. The predicted molar refractivity (Wildman–Crippen MR) is 95.9 cm³/mol. The van der Waals surface area contributed by atoms with E-state index in [0.29, 0.717) is 24.4 Å². The molecule has 3 rings (SSSR count). The zero-order valence-electron chi connectivity index (χ0n) is 14.3. The highest BCUT2D eigenvalue weighted by Gasteiger charge is 2.29. The van der Waals surface area contributed by atoms with Gasteiger partial charge < -0.3 is 10.1 Å². The monoisotopic (exact) mass is 328 g/mol. The molecule has 0 radical (unpaired) electrons. The van der Waals surface area contributed by atoms with Crippen molar-refractivity contribution >= 4 is 5.69 Å². The summed E-state index contributed by atoms with van der Waals surface area (Å²) in [4.78, 5) is 2.48. The van der Waals surface area contributed by atoms with Crippen LogP contribution in [0.5, 0.6) is 5.75 Å². The molecule has 128 valence electrons. The maximum atomic E-state index is 13.4. The molecule has 1 saturated heterocycles. The number of likely N-dealkylation sites (tertiary alicyclic amines) is 1. The Hall–Kier alpha value is -2.07. The fourth-order valence-electron chi connectivity index (χ4n) is 3.35. The topological polar surface area (TPSA) is 24.5 Å². The van der Waals surface area contributed by atoms with Gasteiger partial charge in [-0.25, -0.2) is 4.39 Å². The van der Waals surface area contributed by atoms with E-state index in [1.54, 1.807) is 6.07 Å². The number of nitrogens with zero attached hydrogens (tertiary/aromatic N) is 1. The van der Waals surface area contributed by atoms with Crippen molar-refractivity contribution in [1.29, 1.82) is 0 Å². The molecule has 0 saturated carbocycles. The van der Waals surface area contributed by atoms with Gasteiger partial charge in [0.15, 0.2) is 0 Å². The molecule has 1 aliphatic rings. The van der Waals surface area contributed by atoms with Crippen LogP contribution in [0.25, 0.3) is 0 Å². The fraction of sp³-hybridized carbons (Fsp3) is 0.400. The summed E-state index contributed by atoms with van der Waals surface area (Å²) in [5.41, 5.74) is 2.21. The van der Waals surface area contributed by atoms with Crippen LogP contribution in [0.3, 0.4) is 0 Å². The average molecular weight is 328 g/mol. The Labute approximate surface area is 143 Å². The van der Waals surface area contributed by atoms with Gasteiger partial charge in [-0.3, -0.25) is 4.90 Å². The highest BCUT2D eigenvalue weighted by atomic mass is 19.1. The molecule has 2 atom stereocenters. The molecule has 0 aromatic heterocycles. The number of nitrogens with one attached hydrogen (secondary N) is 1. The van der Waals surface area contributed by atoms with E-state index < -0.39 is 0 Å². The van der Waals surface area contributed by atoms with Crippen LogP contribution in [-0.4, -0.2) is 30.1 Å². The maximum absolute atomic E-state index is 13.4. The summed E-state index contributed by atoms with van der Waals surface area (Å²) in [5, 5.41) is 3.53. The molecule has 1 aliphatic heterocycles. The molecule has 4 heteroatoms. The normalized spacial score (nSPS) is 21.0. The SMILES string of the molecule is CCOc1cc(F)ccc1NC1CC(C)N(Cc2ccccc2)C1. The molecular weight excluding hydrogens is 303 g/mol. The standard InChI is InChI=1S/C20H25FN2O/c1-3-24-20-12-17(21)9-10-19(20)22-18-11-15(2)23(14-18)13-16-7-5-4-6-8-16/h4-10,12,15,18,22H,3,11,13-14H2,1-2H3. The first-order valence-corrected chi connectivity index (χ1v) is 8.62. The Morgan fingerprint density at radius 3 is 2.75 bits per heavy atom. The lowest BCUT2D eigenvalue weighted by molar-refractivity contribution is 0.259.